The van der Waals surface area contributed by atoms with Gasteiger partial charge in [-0.25, -0.2) is 0 Å². The van der Waals surface area contributed by atoms with E-state index in [1.54, 1.807) is 0 Å². The van der Waals surface area contributed by atoms with Crippen LogP contribution in [0.2, 0.25) is 0 Å². The molecule has 0 saturated heterocycles. The smallest absolute Gasteiger partial charge is 0.0571 e. The van der Waals surface area contributed by atoms with Crippen LogP contribution in [0.15, 0.2) is 0 Å². The third-order valence-electron chi connectivity index (χ3n) is 15.0. The van der Waals surface area contributed by atoms with Gasteiger partial charge >= 0.3 is 0 Å². The molecular weight excluding hydrogens is 388 g/mol. The number of hydrogen-bond acceptors (Lipinski definition) is 1. The Balaban J connectivity index is 1.58. The van der Waals surface area contributed by atoms with Gasteiger partial charge in [-0.15, -0.1) is 0 Å². The molecule has 184 valence electrons. The summed E-state index contributed by atoms with van der Waals surface area (Å²) in [4.78, 5) is 0. The van der Waals surface area contributed by atoms with Crippen molar-refractivity contribution in [3.05, 3.63) is 0 Å². The highest BCUT2D eigenvalue weighted by Crippen LogP contribution is 2.81. The van der Waals surface area contributed by atoms with Crippen molar-refractivity contribution in [1.29, 1.82) is 0 Å². The number of hydrogen-bond donors (Lipinski definition) is 1. The molecule has 0 heterocycles. The van der Waals surface area contributed by atoms with Crippen LogP contribution in [0.25, 0.3) is 0 Å². The Bertz CT molecular complexity index is 785. The van der Waals surface area contributed by atoms with E-state index in [0.717, 1.165) is 18.3 Å². The molecule has 10 unspecified atom stereocenters. The molecule has 1 N–H and O–H groups in total. The summed E-state index contributed by atoms with van der Waals surface area (Å²) in [5.41, 5.74) is 3.06. The summed E-state index contributed by atoms with van der Waals surface area (Å²) in [6.45, 7) is 23.7. The minimum absolute atomic E-state index is 0.0956. The van der Waals surface area contributed by atoms with Gasteiger partial charge in [0.15, 0.2) is 0 Å². The first kappa shape index (κ1) is 23.7. The zero-order chi connectivity index (χ0) is 23.6. The molecule has 0 radical (unpaired) electrons. The standard InChI is InChI=1S/C31H54O/c1-21-22(32)10-12-28(6)23-11-13-29(7)24-20-25(2,3)14-15-26(24,4)16-19-31(29,9)30(23,8)18-17-27(21,28)5/h21-24,32H,10-20H2,1-9H3. The number of fused-ring (bicyclic) bond motifs is 7. The lowest BCUT2D eigenvalue weighted by Crippen LogP contribution is -2.71. The third kappa shape index (κ3) is 2.57. The molecule has 32 heavy (non-hydrogen) atoms. The van der Waals surface area contributed by atoms with Crippen molar-refractivity contribution in [2.24, 2.45) is 55.7 Å². The van der Waals surface area contributed by atoms with Crippen molar-refractivity contribution in [2.75, 3.05) is 0 Å². The minimum atomic E-state index is -0.0956. The van der Waals surface area contributed by atoms with E-state index in [0.29, 0.717) is 38.4 Å². The van der Waals surface area contributed by atoms with Gasteiger partial charge in [-0.05, 0) is 126 Å². The second-order valence-electron chi connectivity index (χ2n) is 16.1. The first-order valence-electron chi connectivity index (χ1n) is 14.3. The molecule has 1 heteroatoms. The molecule has 0 aromatic carbocycles. The Morgan fingerprint density at radius 2 is 1.12 bits per heavy atom. The van der Waals surface area contributed by atoms with E-state index < -0.39 is 0 Å². The molecule has 0 bridgehead atoms. The Hall–Kier alpha value is -0.0400. The van der Waals surface area contributed by atoms with Gasteiger partial charge < -0.3 is 5.11 Å². The summed E-state index contributed by atoms with van der Waals surface area (Å²) in [6.07, 6.45) is 14.9. The quantitative estimate of drug-likeness (QED) is 0.398. The van der Waals surface area contributed by atoms with Crippen LogP contribution in [0.4, 0.5) is 0 Å². The molecule has 1 nitrogen and oxygen atoms in total. The maximum atomic E-state index is 10.8. The summed E-state index contributed by atoms with van der Waals surface area (Å²) < 4.78 is 0. The SMILES string of the molecule is CC1C(O)CCC2(C)C3CCC4(C)C5CC(C)(C)CCC5(C)CCC4(C)C3(C)CCC12C. The van der Waals surface area contributed by atoms with Crippen LogP contribution in [-0.2, 0) is 0 Å². The highest BCUT2D eigenvalue weighted by molar-refractivity contribution is 5.22. The van der Waals surface area contributed by atoms with Crippen LogP contribution in [-0.4, -0.2) is 11.2 Å². The highest BCUT2D eigenvalue weighted by Gasteiger charge is 2.74. The maximum absolute atomic E-state index is 10.8. The average Bonchev–Trinajstić information content (AvgIpc) is 2.72. The summed E-state index contributed by atoms with van der Waals surface area (Å²) in [6, 6.07) is 0. The summed E-state index contributed by atoms with van der Waals surface area (Å²) >= 11 is 0. The van der Waals surface area contributed by atoms with Crippen LogP contribution in [0, 0.1) is 55.7 Å². The molecule has 0 aromatic rings. The molecule has 5 fully saturated rings. The Labute approximate surface area is 199 Å². The first-order valence-corrected chi connectivity index (χ1v) is 14.3. The lowest BCUT2D eigenvalue weighted by atomic mass is 9.27. The van der Waals surface area contributed by atoms with Crippen molar-refractivity contribution in [3.8, 4) is 0 Å². The second-order valence-corrected chi connectivity index (χ2v) is 16.1. The van der Waals surface area contributed by atoms with Gasteiger partial charge in [0.1, 0.15) is 0 Å². The normalized spacial score (nSPS) is 61.7. The van der Waals surface area contributed by atoms with E-state index in [9.17, 15) is 5.11 Å². The molecule has 0 aliphatic heterocycles. The van der Waals surface area contributed by atoms with Gasteiger partial charge in [-0.2, -0.15) is 0 Å². The fourth-order valence-electron chi connectivity index (χ4n) is 11.7. The van der Waals surface area contributed by atoms with E-state index in [4.69, 9.17) is 0 Å². The van der Waals surface area contributed by atoms with Gasteiger partial charge in [0, 0.05) is 0 Å². The Kier molecular flexibility index (Phi) is 4.88. The summed E-state index contributed by atoms with van der Waals surface area (Å²) in [5, 5.41) is 10.8. The van der Waals surface area contributed by atoms with Crippen molar-refractivity contribution in [3.63, 3.8) is 0 Å². The predicted octanol–water partition coefficient (Wildman–Crippen LogP) is 8.64. The summed E-state index contributed by atoms with van der Waals surface area (Å²) in [5.74, 6) is 2.12. The second kappa shape index (κ2) is 6.59. The zero-order valence-electron chi connectivity index (χ0n) is 23.0. The van der Waals surface area contributed by atoms with Gasteiger partial charge in [-0.1, -0.05) is 62.3 Å². The van der Waals surface area contributed by atoms with E-state index in [1.807, 2.05) is 0 Å². The number of rotatable bonds is 0. The van der Waals surface area contributed by atoms with Crippen molar-refractivity contribution in [2.45, 2.75) is 139 Å². The first-order chi connectivity index (χ1) is 14.6. The maximum Gasteiger partial charge on any atom is 0.0571 e. The lowest BCUT2D eigenvalue weighted by Gasteiger charge is -2.78. The minimum Gasteiger partial charge on any atom is -0.393 e. The molecule has 10 atom stereocenters. The van der Waals surface area contributed by atoms with Crippen LogP contribution >= 0.6 is 0 Å². The molecule has 0 aromatic heterocycles. The Morgan fingerprint density at radius 3 is 1.81 bits per heavy atom. The van der Waals surface area contributed by atoms with Gasteiger partial charge in [0.2, 0.25) is 0 Å². The molecule has 5 rings (SSSR count). The van der Waals surface area contributed by atoms with Crippen LogP contribution < -0.4 is 0 Å². The molecule has 0 amide bonds. The Morgan fingerprint density at radius 1 is 0.562 bits per heavy atom. The summed E-state index contributed by atoms with van der Waals surface area (Å²) in [7, 11) is 0. The van der Waals surface area contributed by atoms with Crippen LogP contribution in [0.1, 0.15) is 133 Å². The van der Waals surface area contributed by atoms with Crippen LogP contribution in [0.5, 0.6) is 0 Å². The van der Waals surface area contributed by atoms with E-state index in [2.05, 4.69) is 62.3 Å². The third-order valence-corrected chi connectivity index (χ3v) is 15.0. The lowest BCUT2D eigenvalue weighted by molar-refractivity contribution is -0.293. The van der Waals surface area contributed by atoms with Gasteiger partial charge in [0.25, 0.3) is 0 Å². The monoisotopic (exact) mass is 442 g/mol. The molecule has 5 saturated carbocycles. The molecular formula is C31H54O. The topological polar surface area (TPSA) is 20.2 Å². The van der Waals surface area contributed by atoms with E-state index >= 15 is 0 Å². The van der Waals surface area contributed by atoms with Gasteiger partial charge in [0.05, 0.1) is 6.10 Å². The van der Waals surface area contributed by atoms with E-state index in [-0.39, 0.29) is 11.5 Å². The fourth-order valence-corrected chi connectivity index (χ4v) is 11.7. The number of aliphatic hydroxyl groups is 1. The van der Waals surface area contributed by atoms with Crippen LogP contribution in [0.3, 0.4) is 0 Å². The van der Waals surface area contributed by atoms with E-state index in [1.165, 1.54) is 64.2 Å². The highest BCUT2D eigenvalue weighted by atomic mass is 16.3. The molecule has 5 aliphatic carbocycles. The fraction of sp³-hybridized carbons (Fsp3) is 1.00. The zero-order valence-corrected chi connectivity index (χ0v) is 23.0. The van der Waals surface area contributed by atoms with Crippen molar-refractivity contribution in [1.82, 2.24) is 0 Å². The number of aliphatic hydroxyl groups excluding tert-OH is 1. The van der Waals surface area contributed by atoms with Crippen molar-refractivity contribution >= 4 is 0 Å². The predicted molar refractivity (Wildman–Crippen MR) is 135 cm³/mol. The molecule has 5 aliphatic rings. The van der Waals surface area contributed by atoms with Gasteiger partial charge in [-0.3, -0.25) is 0 Å². The largest absolute Gasteiger partial charge is 0.393 e. The average molecular weight is 443 g/mol. The van der Waals surface area contributed by atoms with Crippen molar-refractivity contribution < 1.29 is 5.11 Å². The molecule has 0 spiro atoms.